The Labute approximate surface area is 161 Å². The van der Waals surface area contributed by atoms with Gasteiger partial charge in [0, 0.05) is 13.1 Å². The molecule has 0 spiro atoms. The molecule has 2 rings (SSSR count). The number of carbonyl (C=O) groups is 2. The fraction of sp³-hybridized carbons (Fsp3) is 0.300. The van der Waals surface area contributed by atoms with E-state index in [1.165, 1.54) is 12.1 Å². The fourth-order valence-electron chi connectivity index (χ4n) is 2.80. The van der Waals surface area contributed by atoms with Gasteiger partial charge in [-0.25, -0.2) is 4.79 Å². The van der Waals surface area contributed by atoms with Gasteiger partial charge in [0.2, 0.25) is 5.91 Å². The fourth-order valence-corrected chi connectivity index (χ4v) is 2.80. The van der Waals surface area contributed by atoms with E-state index < -0.39 is 29.7 Å². The maximum Gasteiger partial charge on any atom is 0.416 e. The maximum absolute atomic E-state index is 12.7. The van der Waals surface area contributed by atoms with Crippen LogP contribution in [0.4, 0.5) is 18.0 Å². The molecule has 0 aromatic heterocycles. The average Bonchev–Trinajstić information content (AvgIpc) is 2.62. The number of alkyl halides is 3. The summed E-state index contributed by atoms with van der Waals surface area (Å²) in [5.74, 6) is -0.522. The Morgan fingerprint density at radius 2 is 1.64 bits per heavy atom. The molecule has 0 heterocycles. The lowest BCUT2D eigenvalue weighted by atomic mass is 10.0. The van der Waals surface area contributed by atoms with Crippen molar-refractivity contribution < 1.29 is 22.8 Å². The van der Waals surface area contributed by atoms with Crippen LogP contribution in [0.2, 0.25) is 0 Å². The predicted octanol–water partition coefficient (Wildman–Crippen LogP) is 3.72. The van der Waals surface area contributed by atoms with Crippen LogP contribution in [0.15, 0.2) is 54.6 Å². The Morgan fingerprint density at radius 1 is 1.04 bits per heavy atom. The van der Waals surface area contributed by atoms with Gasteiger partial charge in [-0.3, -0.25) is 15.0 Å². The first-order valence-corrected chi connectivity index (χ1v) is 8.72. The van der Waals surface area contributed by atoms with Gasteiger partial charge in [-0.05, 0) is 37.2 Å². The molecule has 2 N–H and O–H groups in total. The molecular formula is C20H22F3N3O2. The second-order valence-electron chi connectivity index (χ2n) is 6.27. The lowest BCUT2D eigenvalue weighted by molar-refractivity contribution is -0.137. The monoisotopic (exact) mass is 393 g/mol. The van der Waals surface area contributed by atoms with Gasteiger partial charge in [0.1, 0.15) is 6.04 Å². The highest BCUT2D eigenvalue weighted by Gasteiger charge is 2.30. The van der Waals surface area contributed by atoms with Crippen LogP contribution >= 0.6 is 0 Å². The molecule has 5 nitrogen and oxygen atoms in total. The standard InChI is InChI=1S/C20H22F3N3O2/c1-3-24-19(28)25-18(27)17(15-7-5-4-6-8-15)26(2)13-14-9-11-16(12-10-14)20(21,22)23/h4-12,17H,3,13H2,1-2H3,(H2,24,25,27,28)/t17-/m0/s1. The second kappa shape index (κ2) is 9.36. The minimum absolute atomic E-state index is 0.223. The summed E-state index contributed by atoms with van der Waals surface area (Å²) in [6, 6.07) is 12.2. The van der Waals surface area contributed by atoms with Crippen molar-refractivity contribution >= 4 is 11.9 Å². The van der Waals surface area contributed by atoms with Crippen LogP contribution in [0.3, 0.4) is 0 Å². The predicted molar refractivity (Wildman–Crippen MR) is 99.3 cm³/mol. The Kier molecular flexibility index (Phi) is 7.17. The average molecular weight is 393 g/mol. The SMILES string of the molecule is CCNC(=O)NC(=O)[C@H](c1ccccc1)N(C)Cc1ccc(C(F)(F)F)cc1. The number of hydrogen-bond donors (Lipinski definition) is 2. The zero-order chi connectivity index (χ0) is 20.7. The Balaban J connectivity index is 2.20. The molecule has 0 bridgehead atoms. The van der Waals surface area contributed by atoms with Crippen molar-refractivity contribution in [2.75, 3.05) is 13.6 Å². The molecule has 1 atom stereocenters. The third kappa shape index (κ3) is 5.82. The Bertz CT molecular complexity index is 793. The lowest BCUT2D eigenvalue weighted by Crippen LogP contribution is -2.45. The molecule has 150 valence electrons. The Hall–Kier alpha value is -2.87. The van der Waals surface area contributed by atoms with Crippen LogP contribution in [-0.4, -0.2) is 30.4 Å². The van der Waals surface area contributed by atoms with E-state index >= 15 is 0 Å². The molecule has 0 saturated carbocycles. The second-order valence-corrected chi connectivity index (χ2v) is 6.27. The number of halogens is 3. The third-order valence-corrected chi connectivity index (χ3v) is 4.09. The summed E-state index contributed by atoms with van der Waals surface area (Å²) in [5, 5.41) is 4.79. The molecule has 2 aromatic carbocycles. The molecule has 0 unspecified atom stereocenters. The first-order valence-electron chi connectivity index (χ1n) is 8.72. The largest absolute Gasteiger partial charge is 0.416 e. The smallest absolute Gasteiger partial charge is 0.338 e. The van der Waals surface area contributed by atoms with Crippen molar-refractivity contribution in [2.45, 2.75) is 25.7 Å². The highest BCUT2D eigenvalue weighted by molar-refractivity contribution is 5.97. The zero-order valence-electron chi connectivity index (χ0n) is 15.6. The van der Waals surface area contributed by atoms with Crippen molar-refractivity contribution in [2.24, 2.45) is 0 Å². The topological polar surface area (TPSA) is 61.4 Å². The van der Waals surface area contributed by atoms with E-state index in [0.717, 1.165) is 12.1 Å². The van der Waals surface area contributed by atoms with E-state index in [-0.39, 0.29) is 6.54 Å². The van der Waals surface area contributed by atoms with Gasteiger partial charge in [-0.15, -0.1) is 0 Å². The molecule has 0 saturated heterocycles. The first kappa shape index (κ1) is 21.4. The van der Waals surface area contributed by atoms with E-state index in [1.54, 1.807) is 49.2 Å². The van der Waals surface area contributed by atoms with Crippen LogP contribution in [0.1, 0.15) is 29.7 Å². The molecule has 8 heteroatoms. The van der Waals surface area contributed by atoms with Crippen LogP contribution in [0, 0.1) is 0 Å². The quantitative estimate of drug-likeness (QED) is 0.786. The number of benzene rings is 2. The van der Waals surface area contributed by atoms with Gasteiger partial charge in [-0.1, -0.05) is 42.5 Å². The van der Waals surface area contributed by atoms with Gasteiger partial charge < -0.3 is 5.32 Å². The summed E-state index contributed by atoms with van der Waals surface area (Å²) in [5.41, 5.74) is 0.549. The van der Waals surface area contributed by atoms with Gasteiger partial charge >= 0.3 is 12.2 Å². The molecule has 3 amide bonds. The summed E-state index contributed by atoms with van der Waals surface area (Å²) in [6.07, 6.45) is -4.40. The van der Waals surface area contributed by atoms with Gasteiger partial charge in [0.15, 0.2) is 0 Å². The summed E-state index contributed by atoms with van der Waals surface area (Å²) < 4.78 is 38.2. The summed E-state index contributed by atoms with van der Waals surface area (Å²) in [6.45, 7) is 2.33. The highest BCUT2D eigenvalue weighted by Crippen LogP contribution is 2.29. The lowest BCUT2D eigenvalue weighted by Gasteiger charge is -2.27. The first-order chi connectivity index (χ1) is 13.2. The molecule has 0 aliphatic rings. The molecular weight excluding hydrogens is 371 g/mol. The number of nitrogens with zero attached hydrogens (tertiary/aromatic N) is 1. The van der Waals surface area contributed by atoms with Crippen molar-refractivity contribution in [3.05, 3.63) is 71.3 Å². The molecule has 0 aliphatic heterocycles. The summed E-state index contributed by atoms with van der Waals surface area (Å²) >= 11 is 0. The number of urea groups is 1. The summed E-state index contributed by atoms with van der Waals surface area (Å²) in [4.78, 5) is 26.1. The number of likely N-dealkylation sites (N-methyl/N-ethyl adjacent to an activating group) is 1. The van der Waals surface area contributed by atoms with Crippen LogP contribution < -0.4 is 10.6 Å². The molecule has 0 radical (unpaired) electrons. The van der Waals surface area contributed by atoms with E-state index in [0.29, 0.717) is 17.7 Å². The van der Waals surface area contributed by atoms with Crippen molar-refractivity contribution in [3.63, 3.8) is 0 Å². The number of imide groups is 1. The number of nitrogens with one attached hydrogen (secondary N) is 2. The number of hydrogen-bond acceptors (Lipinski definition) is 3. The summed E-state index contributed by atoms with van der Waals surface area (Å²) in [7, 11) is 1.67. The van der Waals surface area contributed by atoms with Gasteiger partial charge in [-0.2, -0.15) is 13.2 Å². The highest BCUT2D eigenvalue weighted by atomic mass is 19.4. The van der Waals surface area contributed by atoms with E-state index in [1.807, 2.05) is 0 Å². The van der Waals surface area contributed by atoms with E-state index in [9.17, 15) is 22.8 Å². The number of carbonyl (C=O) groups excluding carboxylic acids is 2. The minimum Gasteiger partial charge on any atom is -0.338 e. The zero-order valence-corrected chi connectivity index (χ0v) is 15.6. The molecule has 2 aromatic rings. The van der Waals surface area contributed by atoms with Gasteiger partial charge in [0.25, 0.3) is 0 Å². The van der Waals surface area contributed by atoms with Crippen LogP contribution in [0.5, 0.6) is 0 Å². The number of rotatable bonds is 6. The number of amides is 3. The molecule has 28 heavy (non-hydrogen) atoms. The van der Waals surface area contributed by atoms with Crippen LogP contribution in [0.25, 0.3) is 0 Å². The van der Waals surface area contributed by atoms with Crippen molar-refractivity contribution in [1.29, 1.82) is 0 Å². The Morgan fingerprint density at radius 3 is 2.18 bits per heavy atom. The van der Waals surface area contributed by atoms with Crippen molar-refractivity contribution in [1.82, 2.24) is 15.5 Å². The minimum atomic E-state index is -4.40. The maximum atomic E-state index is 12.7. The van der Waals surface area contributed by atoms with Gasteiger partial charge in [0.05, 0.1) is 5.56 Å². The van der Waals surface area contributed by atoms with E-state index in [4.69, 9.17) is 0 Å². The molecule has 0 aliphatic carbocycles. The van der Waals surface area contributed by atoms with Crippen molar-refractivity contribution in [3.8, 4) is 0 Å². The van der Waals surface area contributed by atoms with E-state index in [2.05, 4.69) is 10.6 Å². The molecule has 0 fully saturated rings. The van der Waals surface area contributed by atoms with Crippen LogP contribution in [-0.2, 0) is 17.5 Å². The third-order valence-electron chi connectivity index (χ3n) is 4.09. The normalized spacial score (nSPS) is 12.5.